The Morgan fingerprint density at radius 2 is 1.66 bits per heavy atom. The molecule has 2 N–H and O–H groups in total. The van der Waals surface area contributed by atoms with Crippen molar-refractivity contribution >= 4 is 17.5 Å². The number of carbonyl (C=O) groups excluding carboxylic acids is 2. The molecule has 35 heavy (non-hydrogen) atoms. The zero-order chi connectivity index (χ0) is 25.2. The summed E-state index contributed by atoms with van der Waals surface area (Å²) in [7, 11) is 0. The van der Waals surface area contributed by atoms with Gasteiger partial charge in [-0.2, -0.15) is 18.3 Å². The number of hydrogen-bond acceptors (Lipinski definition) is 4. The number of benzene rings is 2. The van der Waals surface area contributed by atoms with Gasteiger partial charge in [-0.1, -0.05) is 25.0 Å². The summed E-state index contributed by atoms with van der Waals surface area (Å²) in [5.41, 5.74) is -1.67. The lowest BCUT2D eigenvalue weighted by Crippen LogP contribution is -2.32. The van der Waals surface area contributed by atoms with Gasteiger partial charge >= 0.3 is 6.18 Å². The van der Waals surface area contributed by atoms with Crippen molar-refractivity contribution in [3.8, 4) is 5.69 Å². The first-order chi connectivity index (χ1) is 16.6. The zero-order valence-electron chi connectivity index (χ0n) is 18.9. The Balaban J connectivity index is 1.56. The van der Waals surface area contributed by atoms with Crippen LogP contribution in [0.25, 0.3) is 5.69 Å². The van der Waals surface area contributed by atoms with Gasteiger partial charge in [0.15, 0.2) is 5.69 Å². The highest BCUT2D eigenvalue weighted by Crippen LogP contribution is 2.33. The maximum Gasteiger partial charge on any atom is 0.418 e. The van der Waals surface area contributed by atoms with Gasteiger partial charge in [-0.15, -0.1) is 0 Å². The summed E-state index contributed by atoms with van der Waals surface area (Å²) in [6.07, 6.45) is -0.566. The third-order valence-corrected chi connectivity index (χ3v) is 5.86. The van der Waals surface area contributed by atoms with Crippen LogP contribution in [0.15, 0.2) is 59.4 Å². The van der Waals surface area contributed by atoms with Crippen LogP contribution in [-0.4, -0.2) is 27.6 Å². The smallest absolute Gasteiger partial charge is 0.349 e. The Labute approximate surface area is 199 Å². The minimum absolute atomic E-state index is 0.140. The Hall–Kier alpha value is -3.95. The van der Waals surface area contributed by atoms with Crippen molar-refractivity contribution < 1.29 is 22.8 Å². The third kappa shape index (κ3) is 5.42. The molecule has 1 aliphatic carbocycles. The molecule has 3 aromatic rings. The van der Waals surface area contributed by atoms with Crippen LogP contribution in [0.4, 0.5) is 18.9 Å². The maximum absolute atomic E-state index is 13.5. The van der Waals surface area contributed by atoms with Crippen LogP contribution < -0.4 is 16.1 Å². The summed E-state index contributed by atoms with van der Waals surface area (Å²) in [6, 6.07) is 12.1. The molecular formula is C25H23F3N4O3. The second kappa shape index (κ2) is 9.73. The van der Waals surface area contributed by atoms with Crippen LogP contribution in [0.1, 0.15) is 57.8 Å². The maximum atomic E-state index is 13.5. The lowest BCUT2D eigenvalue weighted by atomic mass is 10.1. The number of aromatic nitrogens is 2. The zero-order valence-corrected chi connectivity index (χ0v) is 18.9. The van der Waals surface area contributed by atoms with Gasteiger partial charge < -0.3 is 10.6 Å². The van der Waals surface area contributed by atoms with Gasteiger partial charge in [0.25, 0.3) is 11.8 Å². The van der Waals surface area contributed by atoms with Gasteiger partial charge in [-0.05, 0) is 56.2 Å². The number of nitrogens with zero attached hydrogens (tertiary/aromatic N) is 2. The minimum atomic E-state index is -4.65. The van der Waals surface area contributed by atoms with E-state index in [1.54, 1.807) is 12.1 Å². The molecule has 2 aromatic carbocycles. The number of aryl methyl sites for hydroxylation is 1. The molecule has 7 nitrogen and oxygen atoms in total. The molecule has 4 rings (SSSR count). The van der Waals surface area contributed by atoms with E-state index in [2.05, 4.69) is 15.7 Å². The van der Waals surface area contributed by atoms with Crippen LogP contribution in [0, 0.1) is 6.92 Å². The first-order valence-corrected chi connectivity index (χ1v) is 11.1. The van der Waals surface area contributed by atoms with Crippen molar-refractivity contribution in [3.63, 3.8) is 0 Å². The first kappa shape index (κ1) is 24.2. The molecule has 1 aromatic heterocycles. The molecule has 0 bridgehead atoms. The summed E-state index contributed by atoms with van der Waals surface area (Å²) >= 11 is 0. The molecule has 0 saturated heterocycles. The molecule has 0 unspecified atom stereocenters. The minimum Gasteiger partial charge on any atom is -0.349 e. The van der Waals surface area contributed by atoms with E-state index in [1.165, 1.54) is 37.3 Å². The molecule has 2 amide bonds. The standard InChI is InChI=1S/C25H23F3N4O3/c1-15-14-21(33)22(31-32(15)20-9-5-4-8-19(20)25(26,27)28)24(35)30-18-12-10-16(11-13-18)23(34)29-17-6-2-3-7-17/h4-5,8-14,17H,2-3,6-7H2,1H3,(H,29,34)(H,30,35). The SMILES string of the molecule is Cc1cc(=O)c(C(=O)Nc2ccc(C(=O)NC3CCCC3)cc2)nn1-c1ccccc1C(F)(F)F. The topological polar surface area (TPSA) is 93.1 Å². The molecule has 1 heterocycles. The average Bonchev–Trinajstić information content (AvgIpc) is 3.32. The molecule has 182 valence electrons. The van der Waals surface area contributed by atoms with Crippen molar-refractivity contribution in [2.24, 2.45) is 0 Å². The monoisotopic (exact) mass is 484 g/mol. The number of alkyl halides is 3. The molecule has 0 spiro atoms. The van der Waals surface area contributed by atoms with Gasteiger partial charge in [0.2, 0.25) is 5.43 Å². The van der Waals surface area contributed by atoms with Crippen molar-refractivity contribution in [1.82, 2.24) is 15.1 Å². The Morgan fingerprint density at radius 1 is 1.00 bits per heavy atom. The predicted octanol–water partition coefficient (Wildman–Crippen LogP) is 4.48. The molecular weight excluding hydrogens is 461 g/mol. The summed E-state index contributed by atoms with van der Waals surface area (Å²) in [6.45, 7) is 1.43. The summed E-state index contributed by atoms with van der Waals surface area (Å²) in [4.78, 5) is 37.6. The van der Waals surface area contributed by atoms with Gasteiger partial charge in [-0.3, -0.25) is 14.4 Å². The van der Waals surface area contributed by atoms with E-state index >= 15 is 0 Å². The Morgan fingerprint density at radius 3 is 2.31 bits per heavy atom. The quantitative estimate of drug-likeness (QED) is 0.558. The molecule has 1 aliphatic rings. The van der Waals surface area contributed by atoms with E-state index in [0.29, 0.717) is 11.3 Å². The number of anilines is 1. The van der Waals surface area contributed by atoms with Gasteiger partial charge in [-0.25, -0.2) is 4.68 Å². The van der Waals surface area contributed by atoms with Gasteiger partial charge in [0, 0.05) is 29.1 Å². The molecule has 0 atom stereocenters. The molecule has 1 fully saturated rings. The van der Waals surface area contributed by atoms with Crippen LogP contribution in [-0.2, 0) is 6.18 Å². The van der Waals surface area contributed by atoms with Crippen LogP contribution in [0.3, 0.4) is 0 Å². The number of nitrogens with one attached hydrogen (secondary N) is 2. The second-order valence-electron chi connectivity index (χ2n) is 8.41. The first-order valence-electron chi connectivity index (χ1n) is 11.1. The lowest BCUT2D eigenvalue weighted by molar-refractivity contribution is -0.137. The van der Waals surface area contributed by atoms with Crippen LogP contribution in [0.2, 0.25) is 0 Å². The molecule has 0 aliphatic heterocycles. The Kier molecular flexibility index (Phi) is 6.72. The fourth-order valence-corrected chi connectivity index (χ4v) is 4.08. The van der Waals surface area contributed by atoms with Gasteiger partial charge in [0.1, 0.15) is 0 Å². The average molecular weight is 484 g/mol. The van der Waals surface area contributed by atoms with E-state index in [-0.39, 0.29) is 23.3 Å². The molecule has 1 saturated carbocycles. The third-order valence-electron chi connectivity index (χ3n) is 5.86. The summed E-state index contributed by atoms with van der Waals surface area (Å²) in [5, 5.41) is 9.43. The number of carbonyl (C=O) groups is 2. The van der Waals surface area contributed by atoms with Crippen molar-refractivity contribution in [1.29, 1.82) is 0 Å². The van der Waals surface area contributed by atoms with Crippen molar-refractivity contribution in [2.45, 2.75) is 44.8 Å². The number of halogens is 3. The van der Waals surface area contributed by atoms with Crippen LogP contribution >= 0.6 is 0 Å². The number of para-hydroxylation sites is 1. The lowest BCUT2D eigenvalue weighted by Gasteiger charge is -2.16. The fourth-order valence-electron chi connectivity index (χ4n) is 4.08. The van der Waals surface area contributed by atoms with Crippen molar-refractivity contribution in [3.05, 3.63) is 87.3 Å². The van der Waals surface area contributed by atoms with Gasteiger partial charge in [0.05, 0.1) is 11.3 Å². The molecule has 0 radical (unpaired) electrons. The highest BCUT2D eigenvalue weighted by Gasteiger charge is 2.34. The highest BCUT2D eigenvalue weighted by molar-refractivity contribution is 6.03. The Bertz CT molecular complexity index is 1310. The van der Waals surface area contributed by atoms with E-state index in [0.717, 1.165) is 42.5 Å². The highest BCUT2D eigenvalue weighted by atomic mass is 19.4. The van der Waals surface area contributed by atoms with E-state index < -0.39 is 28.8 Å². The number of amides is 2. The largest absolute Gasteiger partial charge is 0.418 e. The summed E-state index contributed by atoms with van der Waals surface area (Å²) < 4.78 is 41.4. The normalized spacial score (nSPS) is 14.1. The number of rotatable bonds is 5. The number of hydrogen-bond donors (Lipinski definition) is 2. The van der Waals surface area contributed by atoms with E-state index in [1.807, 2.05) is 0 Å². The van der Waals surface area contributed by atoms with E-state index in [4.69, 9.17) is 0 Å². The summed E-state index contributed by atoms with van der Waals surface area (Å²) in [5.74, 6) is -1.09. The fraction of sp³-hybridized carbons (Fsp3) is 0.280. The predicted molar refractivity (Wildman–Crippen MR) is 124 cm³/mol. The van der Waals surface area contributed by atoms with Crippen molar-refractivity contribution in [2.75, 3.05) is 5.32 Å². The second-order valence-corrected chi connectivity index (χ2v) is 8.41. The van der Waals surface area contributed by atoms with Crippen LogP contribution in [0.5, 0.6) is 0 Å². The van der Waals surface area contributed by atoms with E-state index in [9.17, 15) is 27.6 Å². The molecule has 10 heteroatoms.